The van der Waals surface area contributed by atoms with Gasteiger partial charge in [0.1, 0.15) is 0 Å². The van der Waals surface area contributed by atoms with Crippen LogP contribution < -0.4 is 4.90 Å². The van der Waals surface area contributed by atoms with E-state index in [1.54, 1.807) is 6.92 Å². The van der Waals surface area contributed by atoms with Crippen LogP contribution in [-0.2, 0) is 17.8 Å². The van der Waals surface area contributed by atoms with Gasteiger partial charge in [-0.15, -0.1) is 0 Å². The fourth-order valence-corrected chi connectivity index (χ4v) is 4.49. The molecule has 0 atom stereocenters. The fraction of sp³-hybridized carbons (Fsp3) is 0.500. The first-order valence-electron chi connectivity index (χ1n) is 12.3. The molecular weight excluding hydrogens is 396 g/mol. The van der Waals surface area contributed by atoms with Gasteiger partial charge in [0.25, 0.3) is 5.91 Å². The van der Waals surface area contributed by atoms with Crippen LogP contribution in [0.5, 0.6) is 0 Å². The molecule has 1 aliphatic rings. The number of para-hydroxylation sites is 1. The van der Waals surface area contributed by atoms with E-state index in [9.17, 15) is 9.59 Å². The van der Waals surface area contributed by atoms with Gasteiger partial charge in [-0.1, -0.05) is 69.4 Å². The summed E-state index contributed by atoms with van der Waals surface area (Å²) in [7, 11) is 0. The molecule has 4 nitrogen and oxygen atoms in total. The molecular formula is C28H38N2O2. The number of carbonyl (C=O) groups excluding carboxylic acids is 2. The van der Waals surface area contributed by atoms with Gasteiger partial charge in [0.2, 0.25) is 5.91 Å². The maximum absolute atomic E-state index is 13.4. The molecule has 0 bridgehead atoms. The highest BCUT2D eigenvalue weighted by Gasteiger charge is 2.21. The Morgan fingerprint density at radius 3 is 2.28 bits per heavy atom. The average Bonchev–Trinajstić information content (AvgIpc) is 2.85. The molecule has 1 aliphatic heterocycles. The minimum absolute atomic E-state index is 0.0594. The number of amides is 2. The number of hydrogen-bond acceptors (Lipinski definition) is 2. The maximum Gasteiger partial charge on any atom is 0.254 e. The molecule has 172 valence electrons. The van der Waals surface area contributed by atoms with E-state index in [1.807, 2.05) is 46.2 Å². The monoisotopic (exact) mass is 434 g/mol. The lowest BCUT2D eigenvalue weighted by Gasteiger charge is -2.27. The van der Waals surface area contributed by atoms with Gasteiger partial charge in [0.05, 0.1) is 0 Å². The normalized spacial score (nSPS) is 15.1. The van der Waals surface area contributed by atoms with Crippen LogP contribution in [0.1, 0.15) is 86.7 Å². The Hall–Kier alpha value is -2.62. The number of rotatable bonds is 6. The van der Waals surface area contributed by atoms with Crippen molar-refractivity contribution in [3.8, 4) is 0 Å². The van der Waals surface area contributed by atoms with Crippen LogP contribution in [0.15, 0.2) is 48.5 Å². The van der Waals surface area contributed by atoms with E-state index in [0.717, 1.165) is 62.0 Å². The molecule has 2 aromatic rings. The van der Waals surface area contributed by atoms with Crippen molar-refractivity contribution in [2.24, 2.45) is 0 Å². The molecule has 0 N–H and O–H groups in total. The van der Waals surface area contributed by atoms with Gasteiger partial charge < -0.3 is 9.80 Å². The smallest absolute Gasteiger partial charge is 0.254 e. The first-order chi connectivity index (χ1) is 15.6. The standard InChI is InChI=1S/C28H38N2O2/c1-3-4-5-8-13-24-16-18-25(19-17-24)28(32)29-20-11-6-7-12-21-30(23(2)31)27-15-10-9-14-26(27)22-29/h9-10,14-19H,3-8,11-13,20-22H2,1-2H3. The summed E-state index contributed by atoms with van der Waals surface area (Å²) in [5.41, 5.74) is 4.02. The zero-order valence-corrected chi connectivity index (χ0v) is 19.8. The number of nitrogens with zero attached hydrogens (tertiary/aromatic N) is 2. The largest absolute Gasteiger partial charge is 0.334 e. The highest BCUT2D eigenvalue weighted by atomic mass is 16.2. The molecule has 0 spiro atoms. The Morgan fingerprint density at radius 2 is 1.56 bits per heavy atom. The molecule has 0 unspecified atom stereocenters. The van der Waals surface area contributed by atoms with Crippen LogP contribution >= 0.6 is 0 Å². The summed E-state index contributed by atoms with van der Waals surface area (Å²) in [5.74, 6) is 0.134. The number of aryl methyl sites for hydroxylation is 1. The minimum atomic E-state index is 0.0594. The molecule has 2 aromatic carbocycles. The van der Waals surface area contributed by atoms with E-state index in [2.05, 4.69) is 19.1 Å². The van der Waals surface area contributed by atoms with Crippen molar-refractivity contribution < 1.29 is 9.59 Å². The molecule has 0 aliphatic carbocycles. The van der Waals surface area contributed by atoms with Crippen LogP contribution in [-0.4, -0.2) is 29.8 Å². The predicted molar refractivity (Wildman–Crippen MR) is 132 cm³/mol. The van der Waals surface area contributed by atoms with Crippen molar-refractivity contribution in [1.82, 2.24) is 4.90 Å². The molecule has 4 heteroatoms. The topological polar surface area (TPSA) is 40.6 Å². The second-order valence-electron chi connectivity index (χ2n) is 8.95. The molecule has 2 amide bonds. The minimum Gasteiger partial charge on any atom is -0.334 e. The van der Waals surface area contributed by atoms with Gasteiger partial charge in [-0.25, -0.2) is 0 Å². The molecule has 0 radical (unpaired) electrons. The summed E-state index contributed by atoms with van der Waals surface area (Å²) < 4.78 is 0. The Morgan fingerprint density at radius 1 is 0.844 bits per heavy atom. The highest BCUT2D eigenvalue weighted by Crippen LogP contribution is 2.25. The summed E-state index contributed by atoms with van der Waals surface area (Å²) >= 11 is 0. The Balaban J connectivity index is 1.77. The van der Waals surface area contributed by atoms with Gasteiger partial charge in [-0.3, -0.25) is 9.59 Å². The maximum atomic E-state index is 13.4. The summed E-state index contributed by atoms with van der Waals surface area (Å²) in [6, 6.07) is 16.2. The first-order valence-corrected chi connectivity index (χ1v) is 12.3. The second kappa shape index (κ2) is 12.4. The number of hydrogen-bond donors (Lipinski definition) is 0. The fourth-order valence-electron chi connectivity index (χ4n) is 4.49. The van der Waals surface area contributed by atoms with Crippen LogP contribution in [0.4, 0.5) is 5.69 Å². The third kappa shape index (κ3) is 6.69. The Bertz CT molecular complexity index is 875. The summed E-state index contributed by atoms with van der Waals surface area (Å²) in [5, 5.41) is 0. The quantitative estimate of drug-likeness (QED) is 0.495. The zero-order valence-electron chi connectivity index (χ0n) is 19.8. The van der Waals surface area contributed by atoms with Crippen molar-refractivity contribution in [3.63, 3.8) is 0 Å². The third-order valence-electron chi connectivity index (χ3n) is 6.39. The predicted octanol–water partition coefficient (Wildman–Crippen LogP) is 6.38. The Labute approximate surface area is 193 Å². The first kappa shape index (κ1) is 24.0. The summed E-state index contributed by atoms with van der Waals surface area (Å²) in [6.07, 6.45) is 10.2. The molecule has 0 fully saturated rings. The van der Waals surface area contributed by atoms with Crippen molar-refractivity contribution in [2.45, 2.75) is 78.2 Å². The highest BCUT2D eigenvalue weighted by molar-refractivity contribution is 5.95. The molecule has 0 saturated heterocycles. The van der Waals surface area contributed by atoms with Crippen molar-refractivity contribution in [2.75, 3.05) is 18.0 Å². The third-order valence-corrected chi connectivity index (χ3v) is 6.39. The van der Waals surface area contributed by atoms with Crippen LogP contribution in [0, 0.1) is 0 Å². The van der Waals surface area contributed by atoms with E-state index in [1.165, 1.54) is 31.2 Å². The molecule has 0 aromatic heterocycles. The SMILES string of the molecule is CCCCCCc1ccc(C(=O)N2CCCCCCN(C(C)=O)c3ccccc3C2)cc1. The van der Waals surface area contributed by atoms with E-state index in [4.69, 9.17) is 0 Å². The average molecular weight is 435 g/mol. The van der Waals surface area contributed by atoms with E-state index >= 15 is 0 Å². The summed E-state index contributed by atoms with van der Waals surface area (Å²) in [6.45, 7) is 5.86. The lowest BCUT2D eigenvalue weighted by Crippen LogP contribution is -2.33. The number of fused-ring (bicyclic) bond motifs is 1. The van der Waals surface area contributed by atoms with Gasteiger partial charge in [-0.05, 0) is 55.0 Å². The molecule has 0 saturated carbocycles. The van der Waals surface area contributed by atoms with Gasteiger partial charge in [0, 0.05) is 37.8 Å². The zero-order chi connectivity index (χ0) is 22.8. The van der Waals surface area contributed by atoms with E-state index in [-0.39, 0.29) is 11.8 Å². The van der Waals surface area contributed by atoms with Gasteiger partial charge >= 0.3 is 0 Å². The number of anilines is 1. The number of unbranched alkanes of at least 4 members (excludes halogenated alkanes) is 3. The lowest BCUT2D eigenvalue weighted by molar-refractivity contribution is -0.116. The Kier molecular flexibility index (Phi) is 9.33. The lowest BCUT2D eigenvalue weighted by atomic mass is 10.0. The van der Waals surface area contributed by atoms with Crippen LogP contribution in [0.3, 0.4) is 0 Å². The number of benzene rings is 2. The van der Waals surface area contributed by atoms with Crippen LogP contribution in [0.25, 0.3) is 0 Å². The van der Waals surface area contributed by atoms with E-state index in [0.29, 0.717) is 6.54 Å². The second-order valence-corrected chi connectivity index (χ2v) is 8.95. The molecule has 32 heavy (non-hydrogen) atoms. The van der Waals surface area contributed by atoms with Gasteiger partial charge in [-0.2, -0.15) is 0 Å². The van der Waals surface area contributed by atoms with Crippen molar-refractivity contribution in [1.29, 1.82) is 0 Å². The molecule has 3 rings (SSSR count). The number of carbonyl (C=O) groups is 2. The van der Waals surface area contributed by atoms with E-state index < -0.39 is 0 Å². The van der Waals surface area contributed by atoms with Crippen LogP contribution in [0.2, 0.25) is 0 Å². The summed E-state index contributed by atoms with van der Waals surface area (Å²) in [4.78, 5) is 29.6. The van der Waals surface area contributed by atoms with Crippen molar-refractivity contribution in [3.05, 3.63) is 65.2 Å². The molecule has 1 heterocycles. The van der Waals surface area contributed by atoms with Crippen molar-refractivity contribution >= 4 is 17.5 Å². The van der Waals surface area contributed by atoms with Gasteiger partial charge in [0.15, 0.2) is 0 Å².